The van der Waals surface area contributed by atoms with Crippen LogP contribution in [-0.4, -0.2) is 34.7 Å². The lowest BCUT2D eigenvalue weighted by Crippen LogP contribution is -2.46. The van der Waals surface area contributed by atoms with E-state index in [2.05, 4.69) is 24.8 Å². The molecule has 0 N–H and O–H groups in total. The zero-order valence-corrected chi connectivity index (χ0v) is 18.6. The predicted molar refractivity (Wildman–Crippen MR) is 120 cm³/mol. The number of aryl methyl sites for hydroxylation is 1. The molecule has 6 nitrogen and oxygen atoms in total. The van der Waals surface area contributed by atoms with Crippen LogP contribution in [0.3, 0.4) is 0 Å². The first-order chi connectivity index (χ1) is 14.9. The average Bonchev–Trinajstić information content (AvgIpc) is 3.10. The van der Waals surface area contributed by atoms with Gasteiger partial charge in [0.1, 0.15) is 11.5 Å². The maximum atomic E-state index is 12.3. The normalized spacial score (nSPS) is 20.5. The SMILES string of the molecule is COc1ccc(-c2nc(CN3C[C@@H]4C[C@@H](C3)c3cccc(=O)n3C4)c(C)o2)c(C)c1C. The minimum atomic E-state index is 0.128. The summed E-state index contributed by atoms with van der Waals surface area (Å²) < 4.78 is 13.5. The summed E-state index contributed by atoms with van der Waals surface area (Å²) in [5, 5.41) is 0. The number of methoxy groups -OCH3 is 1. The van der Waals surface area contributed by atoms with E-state index in [1.54, 1.807) is 13.2 Å². The Labute approximate surface area is 182 Å². The van der Waals surface area contributed by atoms with Crippen LogP contribution in [-0.2, 0) is 13.1 Å². The zero-order valence-electron chi connectivity index (χ0n) is 18.6. The van der Waals surface area contributed by atoms with Gasteiger partial charge in [-0.25, -0.2) is 4.98 Å². The molecular formula is C25H29N3O3. The third kappa shape index (κ3) is 3.49. The molecule has 3 aromatic rings. The molecular weight excluding hydrogens is 390 g/mol. The fourth-order valence-electron chi connectivity index (χ4n) is 5.28. The first kappa shape index (κ1) is 20.1. The second-order valence-corrected chi connectivity index (χ2v) is 8.98. The molecule has 6 heteroatoms. The number of likely N-dealkylation sites (tertiary alicyclic amines) is 1. The second-order valence-electron chi connectivity index (χ2n) is 8.98. The highest BCUT2D eigenvalue weighted by Crippen LogP contribution is 2.36. The Morgan fingerprint density at radius 3 is 2.74 bits per heavy atom. The van der Waals surface area contributed by atoms with Crippen LogP contribution in [0, 0.1) is 26.7 Å². The summed E-state index contributed by atoms with van der Waals surface area (Å²) in [6, 6.07) is 9.67. The molecule has 1 aromatic carbocycles. The van der Waals surface area contributed by atoms with E-state index in [-0.39, 0.29) is 5.56 Å². The van der Waals surface area contributed by atoms with Gasteiger partial charge >= 0.3 is 0 Å². The van der Waals surface area contributed by atoms with Crippen molar-refractivity contribution in [1.82, 2.24) is 14.5 Å². The predicted octanol–water partition coefficient (Wildman–Crippen LogP) is 4.06. The maximum absolute atomic E-state index is 12.3. The van der Waals surface area contributed by atoms with Gasteiger partial charge in [0.05, 0.1) is 12.8 Å². The van der Waals surface area contributed by atoms with Crippen molar-refractivity contribution >= 4 is 0 Å². The molecule has 0 radical (unpaired) electrons. The molecule has 1 fully saturated rings. The van der Waals surface area contributed by atoms with E-state index in [0.29, 0.717) is 17.7 Å². The minimum Gasteiger partial charge on any atom is -0.496 e. The van der Waals surface area contributed by atoms with Gasteiger partial charge in [-0.15, -0.1) is 0 Å². The van der Waals surface area contributed by atoms with E-state index >= 15 is 0 Å². The van der Waals surface area contributed by atoms with Gasteiger partial charge in [0, 0.05) is 49.4 Å². The summed E-state index contributed by atoms with van der Waals surface area (Å²) in [7, 11) is 1.69. The van der Waals surface area contributed by atoms with E-state index in [4.69, 9.17) is 14.1 Å². The molecule has 5 rings (SSSR count). The number of rotatable bonds is 4. The smallest absolute Gasteiger partial charge is 0.250 e. The zero-order chi connectivity index (χ0) is 21.7. The van der Waals surface area contributed by atoms with Gasteiger partial charge in [0.2, 0.25) is 5.89 Å². The van der Waals surface area contributed by atoms with Crippen LogP contribution in [0.2, 0.25) is 0 Å². The van der Waals surface area contributed by atoms with Gasteiger partial charge < -0.3 is 13.7 Å². The molecule has 2 aromatic heterocycles. The number of oxazole rings is 1. The number of aromatic nitrogens is 2. The van der Waals surface area contributed by atoms with Crippen LogP contribution in [0.5, 0.6) is 5.75 Å². The molecule has 2 aliphatic heterocycles. The number of pyridine rings is 1. The van der Waals surface area contributed by atoms with Crippen molar-refractivity contribution in [3.63, 3.8) is 0 Å². The fraction of sp³-hybridized carbons (Fsp3) is 0.440. The summed E-state index contributed by atoms with van der Waals surface area (Å²) >= 11 is 0. The van der Waals surface area contributed by atoms with Crippen LogP contribution < -0.4 is 10.3 Å². The molecule has 162 valence electrons. The molecule has 1 saturated heterocycles. The van der Waals surface area contributed by atoms with Gasteiger partial charge in [-0.2, -0.15) is 0 Å². The third-order valence-corrected chi connectivity index (χ3v) is 7.01. The van der Waals surface area contributed by atoms with Crippen LogP contribution in [0.25, 0.3) is 11.5 Å². The van der Waals surface area contributed by atoms with Crippen molar-refractivity contribution in [2.45, 2.75) is 46.2 Å². The molecule has 0 spiro atoms. The molecule has 0 saturated carbocycles. The summed E-state index contributed by atoms with van der Waals surface area (Å²) in [4.78, 5) is 19.6. The largest absolute Gasteiger partial charge is 0.496 e. The molecule has 4 heterocycles. The molecule has 0 unspecified atom stereocenters. The number of ether oxygens (including phenoxy) is 1. The Morgan fingerprint density at radius 1 is 1.10 bits per heavy atom. The number of hydrogen-bond donors (Lipinski definition) is 0. The molecule has 2 bridgehead atoms. The number of piperidine rings is 1. The van der Waals surface area contributed by atoms with E-state index in [1.165, 1.54) is 5.69 Å². The summed E-state index contributed by atoms with van der Waals surface area (Å²) in [6.45, 7) is 9.66. The van der Waals surface area contributed by atoms with Crippen molar-refractivity contribution in [3.8, 4) is 17.2 Å². The highest BCUT2D eigenvalue weighted by atomic mass is 16.5. The summed E-state index contributed by atoms with van der Waals surface area (Å²) in [5.41, 5.74) is 5.54. The Kier molecular flexibility index (Phi) is 4.97. The van der Waals surface area contributed by atoms with Crippen LogP contribution >= 0.6 is 0 Å². The van der Waals surface area contributed by atoms with E-state index in [9.17, 15) is 4.79 Å². The Morgan fingerprint density at radius 2 is 1.94 bits per heavy atom. The molecule has 0 aliphatic carbocycles. The van der Waals surface area contributed by atoms with E-state index in [1.807, 2.05) is 29.7 Å². The highest BCUT2D eigenvalue weighted by molar-refractivity contribution is 5.63. The van der Waals surface area contributed by atoms with Crippen molar-refractivity contribution in [2.24, 2.45) is 5.92 Å². The fourth-order valence-corrected chi connectivity index (χ4v) is 5.28. The van der Waals surface area contributed by atoms with Crippen LogP contribution in [0.4, 0.5) is 0 Å². The minimum absolute atomic E-state index is 0.128. The van der Waals surface area contributed by atoms with Crippen LogP contribution in [0.1, 0.15) is 40.6 Å². The average molecular weight is 420 g/mol. The van der Waals surface area contributed by atoms with Crippen LogP contribution in [0.15, 0.2) is 39.5 Å². The molecule has 31 heavy (non-hydrogen) atoms. The first-order valence-corrected chi connectivity index (χ1v) is 11.0. The first-order valence-electron chi connectivity index (χ1n) is 11.0. The molecule has 0 amide bonds. The van der Waals surface area contributed by atoms with Crippen molar-refractivity contribution in [3.05, 3.63) is 69.0 Å². The Balaban J connectivity index is 1.38. The molecule has 2 atom stereocenters. The lowest BCUT2D eigenvalue weighted by atomic mass is 9.83. The van der Waals surface area contributed by atoms with Gasteiger partial charge in [-0.3, -0.25) is 9.69 Å². The number of hydrogen-bond acceptors (Lipinski definition) is 5. The number of fused-ring (bicyclic) bond motifs is 4. The lowest BCUT2D eigenvalue weighted by Gasteiger charge is -2.42. The standard InChI is InChI=1S/C25H29N3O3/c1-15-16(2)23(30-4)9-8-20(15)25-26-21(17(3)31-25)14-27-11-18-10-19(13-27)22-6-5-7-24(29)28(22)12-18/h5-9,18-19H,10-14H2,1-4H3/t18-,19-/m0/s1. The number of benzene rings is 1. The second kappa shape index (κ2) is 7.68. The number of nitrogens with zero attached hydrogens (tertiary/aromatic N) is 3. The summed E-state index contributed by atoms with van der Waals surface area (Å²) in [6.07, 6.45) is 1.16. The van der Waals surface area contributed by atoms with Gasteiger partial charge in [-0.1, -0.05) is 6.07 Å². The monoisotopic (exact) mass is 419 g/mol. The van der Waals surface area contributed by atoms with Gasteiger partial charge in [-0.05, 0) is 62.4 Å². The Hall–Kier alpha value is -2.86. The highest BCUT2D eigenvalue weighted by Gasteiger charge is 2.35. The van der Waals surface area contributed by atoms with Crippen molar-refractivity contribution in [2.75, 3.05) is 20.2 Å². The van der Waals surface area contributed by atoms with Crippen molar-refractivity contribution in [1.29, 1.82) is 0 Å². The van der Waals surface area contributed by atoms with Crippen molar-refractivity contribution < 1.29 is 9.15 Å². The third-order valence-electron chi connectivity index (χ3n) is 7.01. The van der Waals surface area contributed by atoms with E-state index in [0.717, 1.165) is 66.5 Å². The Bertz CT molecular complexity index is 1190. The molecule has 2 aliphatic rings. The van der Waals surface area contributed by atoms with E-state index < -0.39 is 0 Å². The lowest BCUT2D eigenvalue weighted by molar-refractivity contribution is 0.113. The van der Waals surface area contributed by atoms with Gasteiger partial charge in [0.25, 0.3) is 5.56 Å². The topological polar surface area (TPSA) is 60.5 Å². The maximum Gasteiger partial charge on any atom is 0.250 e. The summed E-state index contributed by atoms with van der Waals surface area (Å²) in [5.74, 6) is 3.33. The van der Waals surface area contributed by atoms with Gasteiger partial charge in [0.15, 0.2) is 0 Å². The quantitative estimate of drug-likeness (QED) is 0.638.